The third-order valence-electron chi connectivity index (χ3n) is 9.35. The topological polar surface area (TPSA) is 3.24 Å². The van der Waals surface area contributed by atoms with Crippen LogP contribution in [0.1, 0.15) is 43.4 Å². The molecule has 4 aromatic rings. The molecule has 8 rings (SSSR count). The van der Waals surface area contributed by atoms with Gasteiger partial charge in [0.25, 0.3) is 0 Å². The zero-order valence-electron chi connectivity index (χ0n) is 23.5. The number of benzene rings is 4. The van der Waals surface area contributed by atoms with Crippen molar-refractivity contribution in [3.05, 3.63) is 155 Å². The molecule has 41 heavy (non-hydrogen) atoms. The molecule has 0 spiro atoms. The largest absolute Gasteiger partial charge is 0.310 e. The van der Waals surface area contributed by atoms with E-state index in [1.807, 2.05) is 0 Å². The zero-order valence-corrected chi connectivity index (χ0v) is 24.4. The van der Waals surface area contributed by atoms with Crippen LogP contribution in [0.4, 0.5) is 17.1 Å². The normalized spacial score (nSPS) is 21.2. The number of thioether (sulfide) groups is 1. The van der Waals surface area contributed by atoms with Crippen molar-refractivity contribution in [2.24, 2.45) is 5.92 Å². The van der Waals surface area contributed by atoms with Crippen LogP contribution in [0.15, 0.2) is 138 Å². The van der Waals surface area contributed by atoms with Gasteiger partial charge in [0, 0.05) is 38.6 Å². The Morgan fingerprint density at radius 2 is 1.49 bits per heavy atom. The molecule has 2 unspecified atom stereocenters. The van der Waals surface area contributed by atoms with Gasteiger partial charge < -0.3 is 4.90 Å². The minimum atomic E-state index is 0.00578. The predicted octanol–water partition coefficient (Wildman–Crippen LogP) is 10.8. The summed E-state index contributed by atoms with van der Waals surface area (Å²) in [6.45, 7) is 4.69. The van der Waals surface area contributed by atoms with E-state index >= 15 is 0 Å². The molecule has 0 saturated carbocycles. The standard InChI is InChI=1S/C39H33NS/c1-39(2)35-17-8-6-13-31(35)34-25-29(23-24-36(34)39)40(27-11-4-3-5-12-27)28-21-19-26(20-22-28)30-15-10-16-33-32-14-7-9-18-37(32)41-38(30)33/h3-6,8-13,15-25,33,38H,7,14H2,1-2H3. The van der Waals surface area contributed by atoms with Crippen molar-refractivity contribution in [3.63, 3.8) is 0 Å². The Balaban J connectivity index is 1.17. The van der Waals surface area contributed by atoms with E-state index in [0.29, 0.717) is 11.2 Å². The summed E-state index contributed by atoms with van der Waals surface area (Å²) in [6.07, 6.45) is 14.1. The molecular weight excluding hydrogens is 515 g/mol. The van der Waals surface area contributed by atoms with Gasteiger partial charge in [-0.05, 0) is 88.2 Å². The molecule has 1 nitrogen and oxygen atoms in total. The van der Waals surface area contributed by atoms with Crippen LogP contribution in [0.5, 0.6) is 0 Å². The lowest BCUT2D eigenvalue weighted by molar-refractivity contribution is 0.660. The Morgan fingerprint density at radius 1 is 0.756 bits per heavy atom. The molecule has 1 aliphatic heterocycles. The molecule has 0 saturated heterocycles. The Bertz CT molecular complexity index is 1790. The van der Waals surface area contributed by atoms with Crippen LogP contribution in [0, 0.1) is 5.92 Å². The number of hydrogen-bond acceptors (Lipinski definition) is 2. The van der Waals surface area contributed by atoms with E-state index in [4.69, 9.17) is 0 Å². The van der Waals surface area contributed by atoms with Crippen molar-refractivity contribution in [1.82, 2.24) is 0 Å². The van der Waals surface area contributed by atoms with Gasteiger partial charge in [-0.15, -0.1) is 11.8 Å². The second-order valence-corrected chi connectivity index (χ2v) is 13.2. The van der Waals surface area contributed by atoms with Gasteiger partial charge in [0.05, 0.1) is 0 Å². The van der Waals surface area contributed by atoms with Crippen LogP contribution >= 0.6 is 11.8 Å². The molecule has 0 aromatic heterocycles. The van der Waals surface area contributed by atoms with E-state index in [1.54, 1.807) is 5.57 Å². The van der Waals surface area contributed by atoms with Gasteiger partial charge in [-0.1, -0.05) is 105 Å². The van der Waals surface area contributed by atoms with E-state index in [0.717, 1.165) is 0 Å². The highest BCUT2D eigenvalue weighted by molar-refractivity contribution is 8.04. The molecule has 0 fully saturated rings. The molecule has 0 bridgehead atoms. The lowest BCUT2D eigenvalue weighted by Crippen LogP contribution is -2.17. The number of hydrogen-bond donors (Lipinski definition) is 0. The van der Waals surface area contributed by atoms with Crippen molar-refractivity contribution in [3.8, 4) is 11.1 Å². The summed E-state index contributed by atoms with van der Waals surface area (Å²) in [4.78, 5) is 3.89. The minimum absolute atomic E-state index is 0.00578. The van der Waals surface area contributed by atoms with Crippen molar-refractivity contribution >= 4 is 34.4 Å². The molecule has 0 radical (unpaired) electrons. The maximum absolute atomic E-state index is 2.42. The van der Waals surface area contributed by atoms with Crippen molar-refractivity contribution in [1.29, 1.82) is 0 Å². The first kappa shape index (κ1) is 24.8. The number of anilines is 3. The van der Waals surface area contributed by atoms with E-state index in [-0.39, 0.29) is 5.41 Å². The van der Waals surface area contributed by atoms with Crippen LogP contribution in [0.2, 0.25) is 0 Å². The van der Waals surface area contributed by atoms with Gasteiger partial charge in [-0.2, -0.15) is 0 Å². The summed E-state index contributed by atoms with van der Waals surface area (Å²) in [7, 11) is 0. The molecule has 0 N–H and O–H groups in total. The molecular formula is C39H33NS. The van der Waals surface area contributed by atoms with Crippen LogP contribution in [0.3, 0.4) is 0 Å². The average molecular weight is 548 g/mol. The molecule has 2 atom stereocenters. The van der Waals surface area contributed by atoms with Crippen LogP contribution in [-0.4, -0.2) is 5.25 Å². The van der Waals surface area contributed by atoms with Crippen molar-refractivity contribution in [2.45, 2.75) is 37.4 Å². The van der Waals surface area contributed by atoms with Crippen LogP contribution < -0.4 is 4.90 Å². The van der Waals surface area contributed by atoms with E-state index < -0.39 is 0 Å². The Labute approximate surface area is 247 Å². The minimum Gasteiger partial charge on any atom is -0.310 e. The third kappa shape index (κ3) is 3.92. The van der Waals surface area contributed by atoms with Gasteiger partial charge in [-0.3, -0.25) is 0 Å². The Kier molecular flexibility index (Phi) is 5.76. The third-order valence-corrected chi connectivity index (χ3v) is 10.8. The zero-order chi connectivity index (χ0) is 27.6. The summed E-state index contributed by atoms with van der Waals surface area (Å²) >= 11 is 2.05. The maximum Gasteiger partial charge on any atom is 0.0468 e. The highest BCUT2D eigenvalue weighted by Crippen LogP contribution is 2.53. The number of rotatable bonds is 4. The summed E-state index contributed by atoms with van der Waals surface area (Å²) in [5, 5.41) is 0.476. The van der Waals surface area contributed by atoms with Crippen molar-refractivity contribution < 1.29 is 0 Å². The lowest BCUT2D eigenvalue weighted by atomic mass is 9.82. The summed E-state index contributed by atoms with van der Waals surface area (Å²) in [5.74, 6) is 0.527. The highest BCUT2D eigenvalue weighted by atomic mass is 32.2. The number of allylic oxidation sites excluding steroid dienone is 6. The predicted molar refractivity (Wildman–Crippen MR) is 176 cm³/mol. The maximum atomic E-state index is 2.42. The smallest absolute Gasteiger partial charge is 0.0468 e. The van der Waals surface area contributed by atoms with Gasteiger partial charge in [0.1, 0.15) is 0 Å². The van der Waals surface area contributed by atoms with Crippen LogP contribution in [0.25, 0.3) is 16.7 Å². The fourth-order valence-electron chi connectivity index (χ4n) is 7.28. The monoisotopic (exact) mass is 547 g/mol. The second kappa shape index (κ2) is 9.53. The molecule has 4 aliphatic rings. The number of fused-ring (bicyclic) bond motifs is 5. The molecule has 2 heteroatoms. The molecule has 200 valence electrons. The quantitative estimate of drug-likeness (QED) is 0.250. The number of para-hydroxylation sites is 1. The molecule has 1 heterocycles. The summed E-state index contributed by atoms with van der Waals surface area (Å²) in [5.41, 5.74) is 13.4. The highest BCUT2D eigenvalue weighted by Gasteiger charge is 2.38. The SMILES string of the molecule is CC1(C)c2ccccc2-c2cc(N(c3ccccc3)c3ccc(C4=CC=CC5C6=C(C=CCC6)SC45)cc3)ccc21. The first-order valence-electron chi connectivity index (χ1n) is 14.7. The molecule has 0 amide bonds. The average Bonchev–Trinajstić information content (AvgIpc) is 3.51. The van der Waals surface area contributed by atoms with Crippen LogP contribution in [-0.2, 0) is 5.41 Å². The Morgan fingerprint density at radius 3 is 2.34 bits per heavy atom. The van der Waals surface area contributed by atoms with Gasteiger partial charge >= 0.3 is 0 Å². The first-order chi connectivity index (χ1) is 20.1. The van der Waals surface area contributed by atoms with Gasteiger partial charge in [0.2, 0.25) is 0 Å². The molecule has 4 aromatic carbocycles. The fourth-order valence-corrected chi connectivity index (χ4v) is 8.86. The van der Waals surface area contributed by atoms with E-state index in [2.05, 4.69) is 158 Å². The first-order valence-corrected chi connectivity index (χ1v) is 15.6. The van der Waals surface area contributed by atoms with Gasteiger partial charge in [-0.25, -0.2) is 0 Å². The van der Waals surface area contributed by atoms with E-state index in [9.17, 15) is 0 Å². The Hall–Kier alpha value is -4.01. The van der Waals surface area contributed by atoms with Crippen molar-refractivity contribution in [2.75, 3.05) is 4.90 Å². The number of nitrogens with zero attached hydrogens (tertiary/aromatic N) is 1. The van der Waals surface area contributed by atoms with E-state index in [1.165, 1.54) is 68.2 Å². The molecule has 3 aliphatic carbocycles. The lowest BCUT2D eigenvalue weighted by Gasteiger charge is -2.28. The summed E-state index contributed by atoms with van der Waals surface area (Å²) in [6, 6.07) is 35.9. The fraction of sp³-hybridized carbons (Fsp3) is 0.179. The summed E-state index contributed by atoms with van der Waals surface area (Å²) < 4.78 is 0. The second-order valence-electron chi connectivity index (χ2n) is 12.0. The van der Waals surface area contributed by atoms with Gasteiger partial charge in [0.15, 0.2) is 0 Å².